The van der Waals surface area contributed by atoms with Crippen LogP contribution in [-0.2, 0) is 9.53 Å². The summed E-state index contributed by atoms with van der Waals surface area (Å²) in [6.45, 7) is 7.21. The van der Waals surface area contributed by atoms with Gasteiger partial charge in [0.25, 0.3) is 0 Å². The summed E-state index contributed by atoms with van der Waals surface area (Å²) < 4.78 is 5.61. The normalized spacial score (nSPS) is 30.2. The third-order valence-electron chi connectivity index (χ3n) is 2.04. The number of carbonyl (C=O) groups is 1. The Morgan fingerprint density at radius 1 is 1.58 bits per heavy atom. The first kappa shape index (κ1) is 9.68. The molecule has 1 aliphatic rings. The van der Waals surface area contributed by atoms with Gasteiger partial charge in [-0.1, -0.05) is 0 Å². The van der Waals surface area contributed by atoms with Crippen molar-refractivity contribution in [3.05, 3.63) is 0 Å². The number of ketones is 1. The van der Waals surface area contributed by atoms with Crippen molar-refractivity contribution < 1.29 is 9.53 Å². The molecule has 1 saturated heterocycles. The van der Waals surface area contributed by atoms with Gasteiger partial charge in [0, 0.05) is 13.1 Å². The number of morpholine rings is 1. The topological polar surface area (TPSA) is 29.5 Å². The van der Waals surface area contributed by atoms with Gasteiger partial charge in [0.15, 0.2) is 5.78 Å². The molecular weight excluding hydrogens is 154 g/mol. The summed E-state index contributed by atoms with van der Waals surface area (Å²) in [6.07, 6.45) is -0.237. The molecule has 0 aliphatic carbocycles. The minimum absolute atomic E-state index is 0.120. The Bertz CT molecular complexity index is 189. The fourth-order valence-corrected chi connectivity index (χ4v) is 1.67. The molecule has 0 aromatic carbocycles. The second kappa shape index (κ2) is 3.15. The highest BCUT2D eigenvalue weighted by Gasteiger charge is 2.33. The zero-order valence-corrected chi connectivity index (χ0v) is 8.26. The van der Waals surface area contributed by atoms with Crippen LogP contribution in [0.25, 0.3) is 0 Å². The quantitative estimate of drug-likeness (QED) is 0.581. The number of likely N-dealkylation sites (N-methyl/N-ethyl adjacent to an activating group) is 1. The predicted molar refractivity (Wildman–Crippen MR) is 47.1 cm³/mol. The van der Waals surface area contributed by atoms with Gasteiger partial charge in [-0.25, -0.2) is 0 Å². The summed E-state index contributed by atoms with van der Waals surface area (Å²) in [7, 11) is 2.01. The molecule has 12 heavy (non-hydrogen) atoms. The number of ether oxygens (including phenoxy) is 1. The second-order valence-electron chi connectivity index (χ2n) is 4.17. The highest BCUT2D eigenvalue weighted by Crippen LogP contribution is 2.19. The van der Waals surface area contributed by atoms with Crippen LogP contribution < -0.4 is 0 Å². The summed E-state index contributed by atoms with van der Waals surface area (Å²) in [6, 6.07) is 0. The summed E-state index contributed by atoms with van der Waals surface area (Å²) in [5.41, 5.74) is -0.191. The van der Waals surface area contributed by atoms with E-state index >= 15 is 0 Å². The Balaban J connectivity index is 2.64. The molecule has 0 spiro atoms. The second-order valence-corrected chi connectivity index (χ2v) is 4.17. The van der Waals surface area contributed by atoms with Crippen molar-refractivity contribution in [3.63, 3.8) is 0 Å². The summed E-state index contributed by atoms with van der Waals surface area (Å²) in [5, 5.41) is 0. The Hall–Kier alpha value is -0.410. The van der Waals surface area contributed by atoms with E-state index in [1.807, 2.05) is 20.9 Å². The minimum Gasteiger partial charge on any atom is -0.362 e. The number of hydrogen-bond acceptors (Lipinski definition) is 3. The fourth-order valence-electron chi connectivity index (χ4n) is 1.67. The SMILES string of the molecule is CC(=O)C1CN(C)CC(C)(C)O1. The largest absolute Gasteiger partial charge is 0.362 e. The number of hydrogen-bond donors (Lipinski definition) is 0. The third kappa shape index (κ3) is 2.29. The van der Waals surface area contributed by atoms with E-state index in [9.17, 15) is 4.79 Å². The smallest absolute Gasteiger partial charge is 0.159 e. The van der Waals surface area contributed by atoms with E-state index in [1.165, 1.54) is 0 Å². The molecule has 3 nitrogen and oxygen atoms in total. The van der Waals surface area contributed by atoms with E-state index in [4.69, 9.17) is 4.74 Å². The van der Waals surface area contributed by atoms with Crippen LogP contribution >= 0.6 is 0 Å². The van der Waals surface area contributed by atoms with Gasteiger partial charge >= 0.3 is 0 Å². The molecule has 70 valence electrons. The summed E-state index contributed by atoms with van der Waals surface area (Å²) in [5.74, 6) is 0.120. The number of rotatable bonds is 1. The maximum absolute atomic E-state index is 11.1. The Labute approximate surface area is 73.7 Å². The van der Waals surface area contributed by atoms with Crippen LogP contribution in [-0.4, -0.2) is 42.5 Å². The molecule has 1 rings (SSSR count). The molecule has 0 bridgehead atoms. The van der Waals surface area contributed by atoms with Gasteiger partial charge in [-0.3, -0.25) is 4.79 Å². The molecule has 0 N–H and O–H groups in total. The first-order valence-electron chi connectivity index (χ1n) is 4.27. The van der Waals surface area contributed by atoms with Crippen LogP contribution in [0.1, 0.15) is 20.8 Å². The van der Waals surface area contributed by atoms with E-state index in [1.54, 1.807) is 6.92 Å². The van der Waals surface area contributed by atoms with Crippen LogP contribution in [0.15, 0.2) is 0 Å². The monoisotopic (exact) mass is 171 g/mol. The molecule has 0 saturated carbocycles. The van der Waals surface area contributed by atoms with Gasteiger partial charge < -0.3 is 9.64 Å². The summed E-state index contributed by atoms with van der Waals surface area (Å²) >= 11 is 0. The molecule has 1 heterocycles. The van der Waals surface area contributed by atoms with Gasteiger partial charge in [0.2, 0.25) is 0 Å². The average Bonchev–Trinajstić information content (AvgIpc) is 1.82. The molecule has 0 aromatic rings. The predicted octanol–water partition coefficient (Wildman–Crippen LogP) is 0.685. The van der Waals surface area contributed by atoms with Gasteiger partial charge in [-0.2, -0.15) is 0 Å². The van der Waals surface area contributed by atoms with Crippen LogP contribution in [0.3, 0.4) is 0 Å². The third-order valence-corrected chi connectivity index (χ3v) is 2.04. The van der Waals surface area contributed by atoms with Crippen LogP contribution in [0, 0.1) is 0 Å². The first-order valence-corrected chi connectivity index (χ1v) is 4.27. The lowest BCUT2D eigenvalue weighted by atomic mass is 10.0. The van der Waals surface area contributed by atoms with Crippen molar-refractivity contribution >= 4 is 5.78 Å². The van der Waals surface area contributed by atoms with E-state index in [-0.39, 0.29) is 17.5 Å². The minimum atomic E-state index is -0.237. The van der Waals surface area contributed by atoms with Gasteiger partial charge in [-0.05, 0) is 27.8 Å². The van der Waals surface area contributed by atoms with Gasteiger partial charge in [-0.15, -0.1) is 0 Å². The first-order chi connectivity index (χ1) is 5.41. The van der Waals surface area contributed by atoms with Crippen LogP contribution in [0.5, 0.6) is 0 Å². The number of Topliss-reactive ketones (excluding diaryl/α,β-unsaturated/α-hetero) is 1. The van der Waals surface area contributed by atoms with E-state index in [0.717, 1.165) is 13.1 Å². The lowest BCUT2D eigenvalue weighted by Crippen LogP contribution is -2.53. The Morgan fingerprint density at radius 2 is 2.17 bits per heavy atom. The van der Waals surface area contributed by atoms with Gasteiger partial charge in [0.1, 0.15) is 6.10 Å². The highest BCUT2D eigenvalue weighted by atomic mass is 16.5. The van der Waals surface area contributed by atoms with E-state index in [0.29, 0.717) is 0 Å². The van der Waals surface area contributed by atoms with Gasteiger partial charge in [0.05, 0.1) is 5.60 Å². The molecule has 0 aromatic heterocycles. The van der Waals surface area contributed by atoms with Crippen molar-refractivity contribution in [1.29, 1.82) is 0 Å². The molecular formula is C9H17NO2. The van der Waals surface area contributed by atoms with Crippen molar-refractivity contribution in [2.45, 2.75) is 32.5 Å². The maximum Gasteiger partial charge on any atom is 0.159 e. The molecule has 0 radical (unpaired) electrons. The van der Waals surface area contributed by atoms with Crippen molar-refractivity contribution in [2.75, 3.05) is 20.1 Å². The lowest BCUT2D eigenvalue weighted by Gasteiger charge is -2.40. The van der Waals surface area contributed by atoms with E-state index < -0.39 is 0 Å². The maximum atomic E-state index is 11.1. The Kier molecular flexibility index (Phi) is 2.54. The van der Waals surface area contributed by atoms with Crippen LogP contribution in [0.2, 0.25) is 0 Å². The average molecular weight is 171 g/mol. The highest BCUT2D eigenvalue weighted by molar-refractivity contribution is 5.80. The lowest BCUT2D eigenvalue weighted by molar-refractivity contribution is -0.157. The fraction of sp³-hybridized carbons (Fsp3) is 0.889. The zero-order chi connectivity index (χ0) is 9.35. The summed E-state index contributed by atoms with van der Waals surface area (Å²) in [4.78, 5) is 13.2. The molecule has 3 heteroatoms. The molecule has 0 amide bonds. The standard InChI is InChI=1S/C9H17NO2/c1-7(11)8-5-10(4)6-9(2,3)12-8/h8H,5-6H2,1-4H3. The molecule has 1 unspecified atom stereocenters. The molecule has 1 aliphatic heterocycles. The number of carbonyl (C=O) groups excluding carboxylic acids is 1. The molecule has 1 fully saturated rings. The van der Waals surface area contributed by atoms with Crippen molar-refractivity contribution in [3.8, 4) is 0 Å². The van der Waals surface area contributed by atoms with Crippen LogP contribution in [0.4, 0.5) is 0 Å². The van der Waals surface area contributed by atoms with Crippen molar-refractivity contribution in [1.82, 2.24) is 4.90 Å². The van der Waals surface area contributed by atoms with E-state index in [2.05, 4.69) is 4.90 Å². The number of nitrogens with zero attached hydrogens (tertiary/aromatic N) is 1. The van der Waals surface area contributed by atoms with Crippen molar-refractivity contribution in [2.24, 2.45) is 0 Å². The Morgan fingerprint density at radius 3 is 2.58 bits per heavy atom. The molecule has 1 atom stereocenters. The zero-order valence-electron chi connectivity index (χ0n) is 8.26.